The highest BCUT2D eigenvalue weighted by Crippen LogP contribution is 2.29. The smallest absolute Gasteiger partial charge is 0.253 e. The van der Waals surface area contributed by atoms with Crippen LogP contribution in [0, 0.1) is 11.6 Å². The van der Waals surface area contributed by atoms with E-state index in [1.54, 1.807) is 6.07 Å². The Labute approximate surface area is 243 Å². The van der Waals surface area contributed by atoms with Crippen molar-refractivity contribution in [1.82, 2.24) is 20.1 Å². The Morgan fingerprint density at radius 2 is 1.70 bits per heavy atom. The summed E-state index contributed by atoms with van der Waals surface area (Å²) in [7, 11) is 0. The first-order chi connectivity index (χ1) is 19.3. The Balaban J connectivity index is 1.12. The van der Waals surface area contributed by atoms with Crippen LogP contribution in [-0.4, -0.2) is 65.5 Å². The summed E-state index contributed by atoms with van der Waals surface area (Å²) in [4.78, 5) is 24.4. The Bertz CT molecular complexity index is 1330. The van der Waals surface area contributed by atoms with Crippen LogP contribution >= 0.6 is 23.2 Å². The first-order valence-corrected chi connectivity index (χ1v) is 14.4. The molecular formula is C30H33Cl2F2N5O. The van der Waals surface area contributed by atoms with E-state index in [1.165, 1.54) is 17.8 Å². The predicted molar refractivity (Wildman–Crippen MR) is 155 cm³/mol. The summed E-state index contributed by atoms with van der Waals surface area (Å²) in [5.74, 6) is -1.59. The van der Waals surface area contributed by atoms with Crippen molar-refractivity contribution in [3.8, 4) is 0 Å². The summed E-state index contributed by atoms with van der Waals surface area (Å²) >= 11 is 12.6. The largest absolute Gasteiger partial charge is 0.353 e. The fraction of sp³-hybridized carbons (Fsp3) is 0.400. The fourth-order valence-electron chi connectivity index (χ4n) is 5.69. The molecule has 2 aliphatic heterocycles. The number of aromatic nitrogens is 1. The molecular weight excluding hydrogens is 555 g/mol. The lowest BCUT2D eigenvalue weighted by molar-refractivity contribution is 0.0690. The van der Waals surface area contributed by atoms with Crippen molar-refractivity contribution in [2.45, 2.75) is 44.9 Å². The molecule has 1 N–H and O–H groups in total. The van der Waals surface area contributed by atoms with Gasteiger partial charge in [-0.2, -0.15) is 0 Å². The highest BCUT2D eigenvalue weighted by molar-refractivity contribution is 6.33. The minimum atomic E-state index is -0.949. The molecule has 212 valence electrons. The topological polar surface area (TPSA) is 51.7 Å². The van der Waals surface area contributed by atoms with Crippen LogP contribution in [-0.2, 0) is 13.1 Å². The van der Waals surface area contributed by atoms with Crippen molar-refractivity contribution >= 4 is 34.9 Å². The molecule has 2 saturated heterocycles. The summed E-state index contributed by atoms with van der Waals surface area (Å²) in [5, 5.41) is 3.88. The van der Waals surface area contributed by atoms with E-state index < -0.39 is 11.6 Å². The third kappa shape index (κ3) is 6.92. The lowest BCUT2D eigenvalue weighted by atomic mass is 9.99. The molecule has 3 aromatic rings. The van der Waals surface area contributed by atoms with Gasteiger partial charge in [0.2, 0.25) is 0 Å². The molecule has 2 fully saturated rings. The van der Waals surface area contributed by atoms with Gasteiger partial charge in [-0.05, 0) is 74.3 Å². The number of likely N-dealkylation sites (tertiary alicyclic amines) is 1. The van der Waals surface area contributed by atoms with Crippen molar-refractivity contribution in [2.75, 3.05) is 37.6 Å². The number of piperazine rings is 1. The van der Waals surface area contributed by atoms with Gasteiger partial charge in [-0.15, -0.1) is 0 Å². The molecule has 1 amide bonds. The van der Waals surface area contributed by atoms with Crippen LogP contribution in [0.3, 0.4) is 0 Å². The first kappa shape index (κ1) is 28.7. The second-order valence-corrected chi connectivity index (χ2v) is 11.5. The normalized spacial score (nSPS) is 19.1. The monoisotopic (exact) mass is 587 g/mol. The predicted octanol–water partition coefficient (Wildman–Crippen LogP) is 5.77. The van der Waals surface area contributed by atoms with E-state index in [-0.39, 0.29) is 12.5 Å². The van der Waals surface area contributed by atoms with E-state index in [1.807, 2.05) is 12.1 Å². The highest BCUT2D eigenvalue weighted by Gasteiger charge is 2.32. The number of amides is 1. The van der Waals surface area contributed by atoms with Gasteiger partial charge in [-0.1, -0.05) is 41.4 Å². The van der Waals surface area contributed by atoms with E-state index >= 15 is 0 Å². The second kappa shape index (κ2) is 12.8. The average molecular weight is 589 g/mol. The number of hydrogen-bond donors (Lipinski definition) is 1. The second-order valence-electron chi connectivity index (χ2n) is 10.6. The van der Waals surface area contributed by atoms with Crippen molar-refractivity contribution in [2.24, 2.45) is 0 Å². The quantitative estimate of drug-likeness (QED) is 0.380. The van der Waals surface area contributed by atoms with Crippen molar-refractivity contribution in [3.05, 3.63) is 93.1 Å². The van der Waals surface area contributed by atoms with E-state index in [4.69, 9.17) is 23.2 Å². The minimum Gasteiger partial charge on any atom is -0.353 e. The molecule has 6 nitrogen and oxygen atoms in total. The molecule has 10 heteroatoms. The number of nitrogens with one attached hydrogen (secondary N) is 1. The van der Waals surface area contributed by atoms with Gasteiger partial charge in [0.25, 0.3) is 5.91 Å². The Morgan fingerprint density at radius 1 is 0.975 bits per heavy atom. The van der Waals surface area contributed by atoms with E-state index in [0.29, 0.717) is 34.1 Å². The van der Waals surface area contributed by atoms with Gasteiger partial charge in [-0.25, -0.2) is 13.8 Å². The van der Waals surface area contributed by atoms with Crippen LogP contribution in [0.15, 0.2) is 54.7 Å². The molecule has 0 radical (unpaired) electrons. The molecule has 5 rings (SSSR count). The number of pyridine rings is 1. The van der Waals surface area contributed by atoms with E-state index in [0.717, 1.165) is 69.3 Å². The maximum absolute atomic E-state index is 13.4. The lowest BCUT2D eigenvalue weighted by Crippen LogP contribution is -2.57. The molecule has 1 atom stereocenters. The van der Waals surface area contributed by atoms with Gasteiger partial charge >= 0.3 is 0 Å². The summed E-state index contributed by atoms with van der Waals surface area (Å²) in [6, 6.07) is 14.2. The minimum absolute atomic E-state index is 0.0644. The van der Waals surface area contributed by atoms with Crippen LogP contribution in [0.1, 0.15) is 41.3 Å². The fourth-order valence-corrected chi connectivity index (χ4v) is 6.10. The van der Waals surface area contributed by atoms with Gasteiger partial charge in [0.1, 0.15) is 5.82 Å². The average Bonchev–Trinajstić information content (AvgIpc) is 2.95. The molecule has 0 spiro atoms. The Morgan fingerprint density at radius 3 is 2.38 bits per heavy atom. The zero-order chi connectivity index (χ0) is 28.2. The van der Waals surface area contributed by atoms with Crippen LogP contribution < -0.4 is 10.2 Å². The number of halogens is 4. The molecule has 1 aromatic heterocycles. The van der Waals surface area contributed by atoms with Gasteiger partial charge in [0.05, 0.1) is 10.6 Å². The molecule has 2 aliphatic rings. The summed E-state index contributed by atoms with van der Waals surface area (Å²) < 4.78 is 26.6. The summed E-state index contributed by atoms with van der Waals surface area (Å²) in [6.07, 6.45) is 3.80. The first-order valence-electron chi connectivity index (χ1n) is 13.6. The maximum atomic E-state index is 13.4. The number of piperidine rings is 1. The van der Waals surface area contributed by atoms with Crippen molar-refractivity contribution < 1.29 is 13.6 Å². The van der Waals surface area contributed by atoms with Crippen molar-refractivity contribution in [3.63, 3.8) is 0 Å². The number of anilines is 1. The van der Waals surface area contributed by atoms with Crippen LogP contribution in [0.5, 0.6) is 0 Å². The number of carbonyl (C=O) groups is 1. The zero-order valence-corrected chi connectivity index (χ0v) is 23.9. The Kier molecular flexibility index (Phi) is 9.20. The molecule has 2 aromatic carbocycles. The molecule has 0 bridgehead atoms. The van der Waals surface area contributed by atoms with Crippen LogP contribution in [0.25, 0.3) is 0 Å². The van der Waals surface area contributed by atoms with E-state index in [2.05, 4.69) is 44.1 Å². The van der Waals surface area contributed by atoms with E-state index in [9.17, 15) is 13.6 Å². The van der Waals surface area contributed by atoms with Crippen LogP contribution in [0.4, 0.5) is 14.6 Å². The number of rotatable bonds is 7. The molecule has 0 aliphatic carbocycles. The zero-order valence-electron chi connectivity index (χ0n) is 22.4. The van der Waals surface area contributed by atoms with Crippen molar-refractivity contribution in [1.29, 1.82) is 0 Å². The number of carbonyl (C=O) groups excluding carboxylic acids is 1. The number of hydrogen-bond acceptors (Lipinski definition) is 5. The van der Waals surface area contributed by atoms with Crippen LogP contribution in [0.2, 0.25) is 10.0 Å². The molecule has 0 unspecified atom stereocenters. The number of nitrogens with zero attached hydrogens (tertiary/aromatic N) is 4. The van der Waals surface area contributed by atoms with Gasteiger partial charge in [-0.3, -0.25) is 14.6 Å². The standard InChI is InChI=1S/C30H33Cl2F2N5O/c1-20-18-38(12-13-39(20)25-8-10-37(11-9-25)19-21-2-5-24(31)6-3-21)29-26(32)15-23(17-35-29)30(40)36-16-22-4-7-27(33)28(34)14-22/h2-7,14-15,17,20,25H,8-13,16,18-19H2,1H3,(H,36,40)/t20-/m0/s1. The van der Waals surface area contributed by atoms with Gasteiger partial charge in [0.15, 0.2) is 11.6 Å². The highest BCUT2D eigenvalue weighted by atomic mass is 35.5. The molecule has 0 saturated carbocycles. The molecule has 3 heterocycles. The maximum Gasteiger partial charge on any atom is 0.253 e. The third-order valence-corrected chi connectivity index (χ3v) is 8.38. The summed E-state index contributed by atoms with van der Waals surface area (Å²) in [5.41, 5.74) is 2.07. The van der Waals surface area contributed by atoms with Gasteiger partial charge in [0, 0.05) is 56.0 Å². The third-order valence-electron chi connectivity index (χ3n) is 7.85. The lowest BCUT2D eigenvalue weighted by Gasteiger charge is -2.47. The molecule has 40 heavy (non-hydrogen) atoms. The Hall–Kier alpha value is -2.78. The number of benzene rings is 2. The van der Waals surface area contributed by atoms with Gasteiger partial charge < -0.3 is 10.2 Å². The SMILES string of the molecule is C[C@H]1CN(c2ncc(C(=O)NCc3ccc(F)c(F)c3)cc2Cl)CCN1C1CCN(Cc2ccc(Cl)cc2)CC1. The summed E-state index contributed by atoms with van der Waals surface area (Å²) in [6.45, 7) is 7.96.